The van der Waals surface area contributed by atoms with Crippen molar-refractivity contribution in [2.24, 2.45) is 5.92 Å². The Balaban J connectivity index is 1.96. The molecule has 0 radical (unpaired) electrons. The molecule has 0 aromatic rings. The number of hydrogen-bond acceptors (Lipinski definition) is 2. The average molecular weight is 239 g/mol. The molecule has 0 aliphatic heterocycles. The molecule has 0 bridgehead atoms. The summed E-state index contributed by atoms with van der Waals surface area (Å²) in [6, 6.07) is 1.08. The summed E-state index contributed by atoms with van der Waals surface area (Å²) in [5.74, 6) is 0.178. The Labute approximate surface area is 104 Å². The van der Waals surface area contributed by atoms with Gasteiger partial charge in [0.15, 0.2) is 0 Å². The Bertz CT molecular complexity index is 253. The Morgan fingerprint density at radius 3 is 2.12 bits per heavy atom. The van der Waals surface area contributed by atoms with Gasteiger partial charge in [0.2, 0.25) is 0 Å². The van der Waals surface area contributed by atoms with Crippen molar-refractivity contribution in [3.8, 4) is 0 Å². The average Bonchev–Trinajstić information content (AvgIpc) is 2.80. The zero-order valence-corrected chi connectivity index (χ0v) is 10.9. The van der Waals surface area contributed by atoms with Gasteiger partial charge in [0, 0.05) is 12.1 Å². The van der Waals surface area contributed by atoms with Gasteiger partial charge in [-0.3, -0.25) is 9.69 Å². The number of carboxylic acids is 1. The van der Waals surface area contributed by atoms with E-state index in [0.717, 1.165) is 5.92 Å². The number of aliphatic carboxylic acids is 1. The van der Waals surface area contributed by atoms with E-state index in [1.807, 2.05) is 0 Å². The van der Waals surface area contributed by atoms with Crippen molar-refractivity contribution in [2.45, 2.75) is 70.4 Å². The first-order valence-corrected chi connectivity index (χ1v) is 7.14. The van der Waals surface area contributed by atoms with E-state index in [0.29, 0.717) is 12.1 Å². The van der Waals surface area contributed by atoms with Crippen molar-refractivity contribution in [3.63, 3.8) is 0 Å². The molecule has 0 aromatic carbocycles. The maximum absolute atomic E-state index is 11.0. The number of nitrogens with zero attached hydrogens (tertiary/aromatic N) is 1. The Morgan fingerprint density at radius 2 is 1.59 bits per heavy atom. The van der Waals surface area contributed by atoms with E-state index in [1.165, 1.54) is 51.4 Å². The standard InChI is InChI=1S/C14H25NO2/c1-11-6-8-13(9-7-11)15(10-14(16)17)12-4-2-3-5-12/h11-13H,2-10H2,1H3,(H,16,17). The first kappa shape index (κ1) is 12.9. The molecule has 3 nitrogen and oxygen atoms in total. The Hall–Kier alpha value is -0.570. The molecule has 0 atom stereocenters. The van der Waals surface area contributed by atoms with Crippen molar-refractivity contribution in [3.05, 3.63) is 0 Å². The van der Waals surface area contributed by atoms with E-state index < -0.39 is 5.97 Å². The fourth-order valence-corrected chi connectivity index (χ4v) is 3.52. The number of carboxylic acid groups (broad SMARTS) is 1. The van der Waals surface area contributed by atoms with Crippen LogP contribution in [0.15, 0.2) is 0 Å². The summed E-state index contributed by atoms with van der Waals surface area (Å²) >= 11 is 0. The lowest BCUT2D eigenvalue weighted by Gasteiger charge is -2.39. The third-order valence-electron chi connectivity index (χ3n) is 4.57. The molecule has 2 fully saturated rings. The van der Waals surface area contributed by atoms with Crippen LogP contribution in [0, 0.1) is 5.92 Å². The van der Waals surface area contributed by atoms with Crippen LogP contribution < -0.4 is 0 Å². The number of rotatable bonds is 4. The molecule has 0 amide bonds. The first-order valence-electron chi connectivity index (χ1n) is 7.14. The highest BCUT2D eigenvalue weighted by molar-refractivity contribution is 5.69. The largest absolute Gasteiger partial charge is 0.480 e. The van der Waals surface area contributed by atoms with E-state index in [9.17, 15) is 4.79 Å². The van der Waals surface area contributed by atoms with Crippen LogP contribution in [0.4, 0.5) is 0 Å². The fourth-order valence-electron chi connectivity index (χ4n) is 3.52. The van der Waals surface area contributed by atoms with E-state index in [4.69, 9.17) is 5.11 Å². The van der Waals surface area contributed by atoms with Crippen molar-refractivity contribution in [2.75, 3.05) is 6.54 Å². The molecular formula is C14H25NO2. The van der Waals surface area contributed by atoms with Gasteiger partial charge >= 0.3 is 5.97 Å². The molecular weight excluding hydrogens is 214 g/mol. The van der Waals surface area contributed by atoms with Gasteiger partial charge in [-0.2, -0.15) is 0 Å². The number of hydrogen-bond donors (Lipinski definition) is 1. The summed E-state index contributed by atoms with van der Waals surface area (Å²) in [5.41, 5.74) is 0. The highest BCUT2D eigenvalue weighted by Crippen LogP contribution is 2.32. The monoisotopic (exact) mass is 239 g/mol. The molecule has 2 aliphatic carbocycles. The van der Waals surface area contributed by atoms with Crippen LogP contribution in [0.25, 0.3) is 0 Å². The zero-order chi connectivity index (χ0) is 12.3. The number of carbonyl (C=O) groups is 1. The van der Waals surface area contributed by atoms with Gasteiger partial charge in [-0.25, -0.2) is 0 Å². The van der Waals surface area contributed by atoms with Gasteiger partial charge in [0.05, 0.1) is 6.54 Å². The van der Waals surface area contributed by atoms with Crippen LogP contribution in [0.3, 0.4) is 0 Å². The van der Waals surface area contributed by atoms with Gasteiger partial charge < -0.3 is 5.11 Å². The SMILES string of the molecule is CC1CCC(N(CC(=O)O)C2CCCC2)CC1. The van der Waals surface area contributed by atoms with Crippen molar-refractivity contribution in [1.82, 2.24) is 4.90 Å². The summed E-state index contributed by atoms with van der Waals surface area (Å²) in [5, 5.41) is 9.09. The molecule has 0 unspecified atom stereocenters. The van der Waals surface area contributed by atoms with Gasteiger partial charge in [0.25, 0.3) is 0 Å². The minimum absolute atomic E-state index is 0.254. The van der Waals surface area contributed by atoms with E-state index in [1.54, 1.807) is 0 Å². The van der Waals surface area contributed by atoms with Crippen LogP contribution in [-0.2, 0) is 4.79 Å². The minimum atomic E-state index is -0.657. The minimum Gasteiger partial charge on any atom is -0.480 e. The van der Waals surface area contributed by atoms with Crippen LogP contribution in [0.2, 0.25) is 0 Å². The summed E-state index contributed by atoms with van der Waals surface area (Å²) in [6.07, 6.45) is 9.92. The van der Waals surface area contributed by atoms with Crippen molar-refractivity contribution < 1.29 is 9.90 Å². The Morgan fingerprint density at radius 1 is 1.06 bits per heavy atom. The van der Waals surface area contributed by atoms with Crippen LogP contribution in [0.1, 0.15) is 58.3 Å². The smallest absolute Gasteiger partial charge is 0.317 e. The second-order valence-electron chi connectivity index (χ2n) is 5.92. The van der Waals surface area contributed by atoms with Crippen LogP contribution in [0.5, 0.6) is 0 Å². The van der Waals surface area contributed by atoms with Crippen molar-refractivity contribution in [1.29, 1.82) is 0 Å². The highest BCUT2D eigenvalue weighted by atomic mass is 16.4. The first-order chi connectivity index (χ1) is 8.16. The molecule has 98 valence electrons. The highest BCUT2D eigenvalue weighted by Gasteiger charge is 2.31. The quantitative estimate of drug-likeness (QED) is 0.820. The van der Waals surface area contributed by atoms with Gasteiger partial charge in [-0.05, 0) is 44.4 Å². The summed E-state index contributed by atoms with van der Waals surface area (Å²) in [7, 11) is 0. The predicted molar refractivity (Wildman–Crippen MR) is 68.0 cm³/mol. The molecule has 0 spiro atoms. The fraction of sp³-hybridized carbons (Fsp3) is 0.929. The third kappa shape index (κ3) is 3.44. The van der Waals surface area contributed by atoms with Crippen LogP contribution in [-0.4, -0.2) is 34.6 Å². The molecule has 17 heavy (non-hydrogen) atoms. The lowest BCUT2D eigenvalue weighted by atomic mass is 9.86. The molecule has 0 aromatic heterocycles. The normalized spacial score (nSPS) is 30.9. The molecule has 2 saturated carbocycles. The van der Waals surface area contributed by atoms with Crippen molar-refractivity contribution >= 4 is 5.97 Å². The Kier molecular flexibility index (Phi) is 4.43. The van der Waals surface area contributed by atoms with E-state index >= 15 is 0 Å². The molecule has 0 heterocycles. The summed E-state index contributed by atoms with van der Waals surface area (Å²) in [6.45, 7) is 2.57. The summed E-state index contributed by atoms with van der Waals surface area (Å²) < 4.78 is 0. The molecule has 2 rings (SSSR count). The maximum atomic E-state index is 11.0. The second kappa shape index (κ2) is 5.85. The van der Waals surface area contributed by atoms with Gasteiger partial charge in [-0.15, -0.1) is 0 Å². The van der Waals surface area contributed by atoms with E-state index in [2.05, 4.69) is 11.8 Å². The summed E-state index contributed by atoms with van der Waals surface area (Å²) in [4.78, 5) is 13.3. The predicted octanol–water partition coefficient (Wildman–Crippen LogP) is 2.89. The third-order valence-corrected chi connectivity index (χ3v) is 4.57. The maximum Gasteiger partial charge on any atom is 0.317 e. The lowest BCUT2D eigenvalue weighted by Crippen LogP contribution is -2.46. The van der Waals surface area contributed by atoms with E-state index in [-0.39, 0.29) is 6.54 Å². The molecule has 0 saturated heterocycles. The van der Waals surface area contributed by atoms with Gasteiger partial charge in [0.1, 0.15) is 0 Å². The lowest BCUT2D eigenvalue weighted by molar-refractivity contribution is -0.140. The molecule has 2 aliphatic rings. The second-order valence-corrected chi connectivity index (χ2v) is 5.92. The molecule has 1 N–H and O–H groups in total. The van der Waals surface area contributed by atoms with Crippen LogP contribution >= 0.6 is 0 Å². The van der Waals surface area contributed by atoms with Gasteiger partial charge in [-0.1, -0.05) is 19.8 Å². The molecule has 3 heteroatoms. The zero-order valence-electron chi connectivity index (χ0n) is 10.9. The topological polar surface area (TPSA) is 40.5 Å².